The zero-order chi connectivity index (χ0) is 71.2. The molecule has 0 aromatic heterocycles. The first-order valence-corrected chi connectivity index (χ1v) is 38.3. The van der Waals surface area contributed by atoms with E-state index in [1.807, 2.05) is 6.08 Å². The highest BCUT2D eigenvalue weighted by Crippen LogP contribution is 2.44. The molecule has 3 heterocycles. The largest absolute Gasteiger partial charge is 0.461 e. The zero-order valence-electron chi connectivity index (χ0n) is 58.5. The molecular formula is C69H125N2O25P. The average Bonchev–Trinajstić information content (AvgIpc) is 0.798. The Kier molecular flexibility index (Phi) is 47.9. The Bertz CT molecular complexity index is 2180. The van der Waals surface area contributed by atoms with Gasteiger partial charge in [-0.1, -0.05) is 154 Å². The summed E-state index contributed by atoms with van der Waals surface area (Å²) in [6.45, 7) is 4.66. The maximum atomic E-state index is 13.6. The van der Waals surface area contributed by atoms with E-state index in [4.69, 9.17) is 46.9 Å². The molecule has 28 heteroatoms. The van der Waals surface area contributed by atoms with Crippen LogP contribution < -0.4 is 10.6 Å². The third kappa shape index (κ3) is 36.0. The average molecular weight is 1410 g/mol. The molecule has 0 aromatic rings. The number of hydrogen-bond donors (Lipinski definition) is 12. The van der Waals surface area contributed by atoms with Gasteiger partial charge in [0.2, 0.25) is 11.8 Å². The first-order valence-electron chi connectivity index (χ1n) is 36.3. The molecule has 18 atom stereocenters. The zero-order valence-corrected chi connectivity index (χ0v) is 59.3. The van der Waals surface area contributed by atoms with E-state index in [0.717, 1.165) is 83.5 Å². The van der Waals surface area contributed by atoms with Crippen LogP contribution in [-0.4, -0.2) is 239 Å². The molecule has 0 aromatic carbocycles. The molecule has 0 radical (unpaired) electrons. The number of amides is 2. The van der Waals surface area contributed by atoms with Gasteiger partial charge in [-0.2, -0.15) is 0 Å². The third-order valence-corrected chi connectivity index (χ3v) is 18.7. The van der Waals surface area contributed by atoms with Gasteiger partial charge in [0.15, 0.2) is 25.0 Å². The maximum Gasteiger partial charge on any atom is 0.327 e. The molecule has 3 aliphatic rings. The molecule has 27 nitrogen and oxygen atoms in total. The summed E-state index contributed by atoms with van der Waals surface area (Å²) in [6, 6.07) is 0. The van der Waals surface area contributed by atoms with Gasteiger partial charge in [0.05, 0.1) is 45.6 Å². The summed E-state index contributed by atoms with van der Waals surface area (Å²) >= 11 is 0. The fraction of sp³-hybridized carbons (Fsp3) is 0.884. The number of nitrogens with one attached hydrogen (secondary N) is 2. The highest BCUT2D eigenvalue weighted by Gasteiger charge is 2.53. The van der Waals surface area contributed by atoms with E-state index in [1.54, 1.807) is 0 Å². The van der Waals surface area contributed by atoms with Gasteiger partial charge in [0.1, 0.15) is 79.9 Å². The minimum atomic E-state index is -3.75. The van der Waals surface area contributed by atoms with Crippen LogP contribution in [0.2, 0.25) is 0 Å². The van der Waals surface area contributed by atoms with Gasteiger partial charge in [-0.05, 0) is 70.6 Å². The van der Waals surface area contributed by atoms with Crippen molar-refractivity contribution in [1.29, 1.82) is 0 Å². The topological polar surface area (TPSA) is 404 Å². The number of allylic oxidation sites excluding steroid dienone is 3. The van der Waals surface area contributed by atoms with Crippen molar-refractivity contribution in [3.05, 3.63) is 24.3 Å². The van der Waals surface area contributed by atoms with Crippen LogP contribution >= 0.6 is 7.60 Å². The number of aliphatic hydroxyl groups is 10. The van der Waals surface area contributed by atoms with Crippen molar-refractivity contribution < 1.29 is 122 Å². The number of unbranched alkanes of at least 4 members (excludes halogenated alkanes) is 21. The van der Waals surface area contributed by atoms with Gasteiger partial charge in [0, 0.05) is 39.0 Å². The van der Waals surface area contributed by atoms with Crippen molar-refractivity contribution in [1.82, 2.24) is 10.6 Å². The molecule has 0 spiro atoms. The van der Waals surface area contributed by atoms with Crippen LogP contribution in [0.1, 0.15) is 220 Å². The number of aliphatic hydroxyl groups excluding tert-OH is 10. The summed E-state index contributed by atoms with van der Waals surface area (Å²) in [7, 11) is -3.75. The fourth-order valence-corrected chi connectivity index (χ4v) is 12.4. The van der Waals surface area contributed by atoms with Crippen molar-refractivity contribution >= 4 is 31.3 Å². The lowest BCUT2D eigenvalue weighted by Crippen LogP contribution is -2.66. The Morgan fingerprint density at radius 2 is 0.928 bits per heavy atom. The number of ether oxygens (including phenoxy) is 8. The van der Waals surface area contributed by atoms with E-state index in [0.29, 0.717) is 25.7 Å². The Hall–Kier alpha value is -3.13. The lowest BCUT2D eigenvalue weighted by molar-refractivity contribution is -0.379. The lowest BCUT2D eigenvalue weighted by atomic mass is 9.96. The summed E-state index contributed by atoms with van der Waals surface area (Å²) < 4.78 is 69.8. The monoisotopic (exact) mass is 1410 g/mol. The second-order valence-electron chi connectivity index (χ2n) is 25.9. The van der Waals surface area contributed by atoms with Crippen molar-refractivity contribution in [3.63, 3.8) is 0 Å². The number of hydrogen-bond acceptors (Lipinski definition) is 25. The SMILES string of the molecule is CCCCCCCCC=CCCCCCCCC(=O)O[C@H](COC(=O)C(/C=C\CCCCCCCC)CCCCCC)COP(C)(=O)OCCNC(=O)CCCCC(=O)NCCCO[C@@H]1OC(CO)[C@H](O[C@@H]2OC(CO)[C@H](O[C@@H]3OC(CO)[C@H](O)[C@H](O)C3O)[C@H](O)C2O)[C@H](O)C1O. The van der Waals surface area contributed by atoms with E-state index in [1.165, 1.54) is 70.9 Å². The summed E-state index contributed by atoms with van der Waals surface area (Å²) in [5.74, 6) is -1.97. The van der Waals surface area contributed by atoms with Crippen LogP contribution in [0.3, 0.4) is 0 Å². The van der Waals surface area contributed by atoms with Crippen molar-refractivity contribution in [2.45, 2.75) is 318 Å². The molecule has 12 N–H and O–H groups in total. The van der Waals surface area contributed by atoms with Crippen LogP contribution in [0.25, 0.3) is 0 Å². The van der Waals surface area contributed by atoms with E-state index in [-0.39, 0.29) is 77.0 Å². The van der Waals surface area contributed by atoms with Crippen LogP contribution in [0.5, 0.6) is 0 Å². The van der Waals surface area contributed by atoms with Crippen LogP contribution in [0, 0.1) is 5.92 Å². The number of carbonyl (C=O) groups is 4. The predicted octanol–water partition coefficient (Wildman–Crippen LogP) is 5.88. The Balaban J connectivity index is 1.38. The summed E-state index contributed by atoms with van der Waals surface area (Å²) in [5, 5.41) is 110. The van der Waals surface area contributed by atoms with Gasteiger partial charge in [0.25, 0.3) is 0 Å². The molecule has 0 saturated carbocycles. The molecule has 97 heavy (non-hydrogen) atoms. The standard InChI is InChI=1S/C69H125N2O25P/c1-5-8-11-14-16-18-19-20-21-22-23-24-26-28-31-39-56(77)91-50(47-88-66(85)49(35-29-13-10-7-3)36-30-27-25-17-15-12-9-6-2)48-90-97(4,86)89-43-41-71-55(76)38-33-32-37-54(75)70-40-34-42-87-67-62(83)59(80)64(52(45-73)93-67)96-69-63(84)60(81)65(53(46-74)94-69)95-68-61(82)58(79)57(78)51(44-72)92-68/h20-21,30,36,49-53,57-65,67-69,72-74,78-84H,5-19,22-29,31-35,37-48H2,1-4H3,(H,70,75)(H,71,76)/b21-20?,36-30-/t49?,50-,51?,52?,53?,57+,58+,59-,60-,61?,62?,63?,64+,65+,67-,68+,69+,97?/m1/s1. The first-order chi connectivity index (χ1) is 46.7. The second-order valence-corrected chi connectivity index (χ2v) is 27.9. The first kappa shape index (κ1) is 88.1. The Morgan fingerprint density at radius 1 is 0.474 bits per heavy atom. The van der Waals surface area contributed by atoms with Gasteiger partial charge in [-0.15, -0.1) is 0 Å². The normalized spacial score (nSPS) is 27.4. The molecule has 3 aliphatic heterocycles. The van der Waals surface area contributed by atoms with Crippen LogP contribution in [0.15, 0.2) is 24.3 Å². The van der Waals surface area contributed by atoms with Gasteiger partial charge >= 0.3 is 19.5 Å². The maximum absolute atomic E-state index is 13.6. The Labute approximate surface area is 575 Å². The van der Waals surface area contributed by atoms with E-state index in [9.17, 15) is 74.8 Å². The molecule has 3 saturated heterocycles. The number of esters is 2. The van der Waals surface area contributed by atoms with Gasteiger partial charge in [-0.25, -0.2) is 0 Å². The van der Waals surface area contributed by atoms with E-state index < -0.39 is 143 Å². The van der Waals surface area contributed by atoms with Crippen molar-refractivity contribution in [3.8, 4) is 0 Å². The molecular weight excluding hydrogens is 1290 g/mol. The third-order valence-electron chi connectivity index (χ3n) is 17.4. The van der Waals surface area contributed by atoms with E-state index in [2.05, 4.69) is 49.6 Å². The van der Waals surface area contributed by atoms with Gasteiger partial charge in [-0.3, -0.25) is 23.7 Å². The van der Waals surface area contributed by atoms with Crippen LogP contribution in [0.4, 0.5) is 0 Å². The number of carbonyl (C=O) groups excluding carboxylic acids is 4. The number of rotatable bonds is 56. The highest BCUT2D eigenvalue weighted by molar-refractivity contribution is 7.52. The van der Waals surface area contributed by atoms with Crippen molar-refractivity contribution in [2.75, 3.05) is 66.0 Å². The second kappa shape index (κ2) is 52.8. The molecule has 566 valence electrons. The molecule has 3 rings (SSSR count). The lowest BCUT2D eigenvalue weighted by Gasteiger charge is -2.48. The summed E-state index contributed by atoms with van der Waals surface area (Å²) in [6.07, 6.45) is 10.5. The molecule has 3 fully saturated rings. The minimum Gasteiger partial charge on any atom is -0.461 e. The molecule has 8 unspecified atom stereocenters. The summed E-state index contributed by atoms with van der Waals surface area (Å²) in [5.41, 5.74) is 0. The molecule has 0 aliphatic carbocycles. The molecule has 0 bridgehead atoms. The smallest absolute Gasteiger partial charge is 0.327 e. The van der Waals surface area contributed by atoms with Crippen LogP contribution in [-0.2, 0) is 70.7 Å². The fourth-order valence-electron chi connectivity index (χ4n) is 11.5. The van der Waals surface area contributed by atoms with E-state index >= 15 is 0 Å². The predicted molar refractivity (Wildman–Crippen MR) is 359 cm³/mol. The summed E-state index contributed by atoms with van der Waals surface area (Å²) in [4.78, 5) is 52.0. The Morgan fingerprint density at radius 3 is 1.47 bits per heavy atom. The quantitative estimate of drug-likeness (QED) is 0.0146. The minimum absolute atomic E-state index is 0.00591. The van der Waals surface area contributed by atoms with Crippen molar-refractivity contribution in [2.24, 2.45) is 5.92 Å². The highest BCUT2D eigenvalue weighted by atomic mass is 31.2. The molecule has 2 amide bonds. The van der Waals surface area contributed by atoms with Gasteiger partial charge < -0.3 is 109 Å².